The summed E-state index contributed by atoms with van der Waals surface area (Å²) in [6, 6.07) is 6.96. The Morgan fingerprint density at radius 2 is 2.15 bits per heavy atom. The number of hydrogen-bond acceptors (Lipinski definition) is 4. The molecule has 1 aromatic carbocycles. The zero-order valence-corrected chi connectivity index (χ0v) is 12.3. The van der Waals surface area contributed by atoms with Gasteiger partial charge < -0.3 is 5.32 Å². The number of anilines is 1. The summed E-state index contributed by atoms with van der Waals surface area (Å²) in [5.74, 6) is -0.0876. The van der Waals surface area contributed by atoms with E-state index in [9.17, 15) is 9.59 Å². The number of nitrogens with one attached hydrogen (secondary N) is 1. The third-order valence-electron chi connectivity index (χ3n) is 2.83. The fourth-order valence-electron chi connectivity index (χ4n) is 1.80. The molecule has 0 saturated carbocycles. The zero-order chi connectivity index (χ0) is 14.5. The molecule has 0 aliphatic rings. The highest BCUT2D eigenvalue weighted by Gasteiger charge is 2.06. The number of amides is 1. The minimum atomic E-state index is -0.0728. The summed E-state index contributed by atoms with van der Waals surface area (Å²) in [6.07, 6.45) is 1.01. The van der Waals surface area contributed by atoms with Crippen LogP contribution in [0.25, 0.3) is 0 Å². The van der Waals surface area contributed by atoms with E-state index in [4.69, 9.17) is 0 Å². The van der Waals surface area contributed by atoms with Crippen molar-refractivity contribution in [3.8, 4) is 0 Å². The monoisotopic (exact) mass is 288 g/mol. The molecule has 1 aromatic heterocycles. The van der Waals surface area contributed by atoms with Crippen LogP contribution in [-0.2, 0) is 11.2 Å². The number of carbonyl (C=O) groups is 2. The Balaban J connectivity index is 1.91. The number of hydrogen-bond donors (Lipinski definition) is 1. The highest BCUT2D eigenvalue weighted by Crippen LogP contribution is 2.13. The molecule has 0 radical (unpaired) electrons. The van der Waals surface area contributed by atoms with Crippen LogP contribution in [0.15, 0.2) is 29.6 Å². The topological polar surface area (TPSA) is 59.1 Å². The van der Waals surface area contributed by atoms with E-state index in [-0.39, 0.29) is 11.7 Å². The van der Waals surface area contributed by atoms with Crippen molar-refractivity contribution >= 4 is 28.7 Å². The third kappa shape index (κ3) is 3.99. The molecule has 0 aliphatic carbocycles. The predicted molar refractivity (Wildman–Crippen MR) is 80.2 cm³/mol. The molecule has 0 atom stereocenters. The van der Waals surface area contributed by atoms with E-state index in [1.807, 2.05) is 12.3 Å². The average molecular weight is 288 g/mol. The molecule has 0 bridgehead atoms. The van der Waals surface area contributed by atoms with Crippen molar-refractivity contribution in [2.75, 3.05) is 5.32 Å². The SMILES string of the molecule is CC(=O)c1cccc(NC(=O)CCc2csc(C)n2)c1. The Hall–Kier alpha value is -2.01. The van der Waals surface area contributed by atoms with Gasteiger partial charge in [0.25, 0.3) is 0 Å². The fourth-order valence-corrected chi connectivity index (χ4v) is 2.45. The second kappa shape index (κ2) is 6.43. The van der Waals surface area contributed by atoms with Gasteiger partial charge in [0.15, 0.2) is 5.78 Å². The van der Waals surface area contributed by atoms with E-state index >= 15 is 0 Å². The third-order valence-corrected chi connectivity index (χ3v) is 3.65. The Bertz CT molecular complexity index is 634. The van der Waals surface area contributed by atoms with E-state index < -0.39 is 0 Å². The van der Waals surface area contributed by atoms with Crippen molar-refractivity contribution in [3.63, 3.8) is 0 Å². The molecule has 1 N–H and O–H groups in total. The first-order chi connectivity index (χ1) is 9.54. The van der Waals surface area contributed by atoms with E-state index in [0.29, 0.717) is 24.1 Å². The van der Waals surface area contributed by atoms with Gasteiger partial charge in [-0.2, -0.15) is 0 Å². The first kappa shape index (κ1) is 14.4. The molecule has 104 valence electrons. The van der Waals surface area contributed by atoms with Gasteiger partial charge in [0.05, 0.1) is 10.7 Å². The lowest BCUT2D eigenvalue weighted by atomic mass is 10.1. The molecule has 1 heterocycles. The number of aromatic nitrogens is 1. The Kier molecular flexibility index (Phi) is 4.63. The minimum absolute atomic E-state index is 0.0148. The molecule has 0 fully saturated rings. The maximum Gasteiger partial charge on any atom is 0.224 e. The van der Waals surface area contributed by atoms with Crippen LogP contribution in [0.3, 0.4) is 0 Å². The smallest absolute Gasteiger partial charge is 0.224 e. The Labute approximate surface area is 121 Å². The fraction of sp³-hybridized carbons (Fsp3) is 0.267. The number of Topliss-reactive ketones (excluding diaryl/α,β-unsaturated/α-hetero) is 1. The average Bonchev–Trinajstić information content (AvgIpc) is 2.82. The van der Waals surface area contributed by atoms with E-state index in [2.05, 4.69) is 10.3 Å². The number of aryl methyl sites for hydroxylation is 2. The highest BCUT2D eigenvalue weighted by atomic mass is 32.1. The number of thiazole rings is 1. The number of nitrogens with zero attached hydrogens (tertiary/aromatic N) is 1. The molecule has 0 saturated heterocycles. The van der Waals surface area contributed by atoms with Crippen molar-refractivity contribution in [1.29, 1.82) is 0 Å². The number of rotatable bonds is 5. The minimum Gasteiger partial charge on any atom is -0.326 e. The van der Waals surface area contributed by atoms with Crippen LogP contribution in [0.1, 0.15) is 34.4 Å². The van der Waals surface area contributed by atoms with Gasteiger partial charge in [0, 0.05) is 23.1 Å². The van der Waals surface area contributed by atoms with Crippen LogP contribution in [0.2, 0.25) is 0 Å². The molecule has 1 amide bonds. The largest absolute Gasteiger partial charge is 0.326 e. The maximum absolute atomic E-state index is 11.9. The zero-order valence-electron chi connectivity index (χ0n) is 11.5. The summed E-state index contributed by atoms with van der Waals surface area (Å²) in [4.78, 5) is 27.5. The molecule has 20 heavy (non-hydrogen) atoms. The van der Waals surface area contributed by atoms with Crippen molar-refractivity contribution in [2.24, 2.45) is 0 Å². The van der Waals surface area contributed by atoms with Gasteiger partial charge in [-0.1, -0.05) is 12.1 Å². The lowest BCUT2D eigenvalue weighted by Crippen LogP contribution is -2.12. The van der Waals surface area contributed by atoms with Crippen molar-refractivity contribution in [3.05, 3.63) is 45.9 Å². The van der Waals surface area contributed by atoms with Crippen LogP contribution < -0.4 is 5.32 Å². The molecular weight excluding hydrogens is 272 g/mol. The Morgan fingerprint density at radius 1 is 1.35 bits per heavy atom. The molecule has 0 unspecified atom stereocenters. The highest BCUT2D eigenvalue weighted by molar-refractivity contribution is 7.09. The summed E-state index contributed by atoms with van der Waals surface area (Å²) >= 11 is 1.58. The van der Waals surface area contributed by atoms with Gasteiger partial charge in [-0.25, -0.2) is 4.98 Å². The first-order valence-corrected chi connectivity index (χ1v) is 7.24. The second-order valence-corrected chi connectivity index (χ2v) is 5.61. The summed E-state index contributed by atoms with van der Waals surface area (Å²) in [5.41, 5.74) is 2.19. The maximum atomic E-state index is 11.9. The number of ketones is 1. The van der Waals surface area contributed by atoms with Gasteiger partial charge in [-0.3, -0.25) is 9.59 Å². The lowest BCUT2D eigenvalue weighted by Gasteiger charge is -2.05. The number of carbonyl (C=O) groups excluding carboxylic acids is 2. The van der Waals surface area contributed by atoms with Gasteiger partial charge in [0.1, 0.15) is 0 Å². The van der Waals surface area contributed by atoms with Gasteiger partial charge in [-0.05, 0) is 32.4 Å². The van der Waals surface area contributed by atoms with Crippen LogP contribution >= 0.6 is 11.3 Å². The molecule has 2 aromatic rings. The predicted octanol–water partition coefficient (Wildman–Crippen LogP) is 3.23. The summed E-state index contributed by atoms with van der Waals surface area (Å²) in [5, 5.41) is 5.78. The van der Waals surface area contributed by atoms with E-state index in [1.165, 1.54) is 6.92 Å². The molecule has 0 spiro atoms. The van der Waals surface area contributed by atoms with Crippen LogP contribution in [0, 0.1) is 6.92 Å². The molecule has 5 heteroatoms. The number of benzene rings is 1. The molecule has 2 rings (SSSR count). The Morgan fingerprint density at radius 3 is 2.80 bits per heavy atom. The van der Waals surface area contributed by atoms with Crippen LogP contribution in [-0.4, -0.2) is 16.7 Å². The van der Waals surface area contributed by atoms with Crippen LogP contribution in [0.4, 0.5) is 5.69 Å². The van der Waals surface area contributed by atoms with Gasteiger partial charge in [0.2, 0.25) is 5.91 Å². The standard InChI is InChI=1S/C15H16N2O2S/c1-10(18)12-4-3-5-13(8-12)17-15(19)7-6-14-9-20-11(2)16-14/h3-5,8-9H,6-7H2,1-2H3,(H,17,19). The first-order valence-electron chi connectivity index (χ1n) is 6.36. The molecule has 4 nitrogen and oxygen atoms in total. The quantitative estimate of drug-likeness (QED) is 0.859. The van der Waals surface area contributed by atoms with Crippen molar-refractivity contribution in [1.82, 2.24) is 4.98 Å². The van der Waals surface area contributed by atoms with Gasteiger partial charge >= 0.3 is 0 Å². The summed E-state index contributed by atoms with van der Waals surface area (Å²) in [7, 11) is 0. The second-order valence-electron chi connectivity index (χ2n) is 4.54. The van der Waals surface area contributed by atoms with Crippen molar-refractivity contribution in [2.45, 2.75) is 26.7 Å². The van der Waals surface area contributed by atoms with E-state index in [0.717, 1.165) is 10.7 Å². The molecule has 0 aliphatic heterocycles. The normalized spacial score (nSPS) is 10.3. The lowest BCUT2D eigenvalue weighted by molar-refractivity contribution is -0.116. The molecular formula is C15H16N2O2S. The summed E-state index contributed by atoms with van der Waals surface area (Å²) in [6.45, 7) is 3.45. The van der Waals surface area contributed by atoms with E-state index in [1.54, 1.807) is 35.6 Å². The van der Waals surface area contributed by atoms with Gasteiger partial charge in [-0.15, -0.1) is 11.3 Å². The van der Waals surface area contributed by atoms with Crippen LogP contribution in [0.5, 0.6) is 0 Å². The van der Waals surface area contributed by atoms with Crippen molar-refractivity contribution < 1.29 is 9.59 Å². The summed E-state index contributed by atoms with van der Waals surface area (Å²) < 4.78 is 0.